The van der Waals surface area contributed by atoms with Gasteiger partial charge in [0.1, 0.15) is 4.83 Å². The number of aromatic nitrogens is 2. The highest BCUT2D eigenvalue weighted by atomic mass is 32.2. The van der Waals surface area contributed by atoms with Crippen LogP contribution < -0.4 is 11.3 Å². The summed E-state index contributed by atoms with van der Waals surface area (Å²) in [6, 6.07) is 9.45. The van der Waals surface area contributed by atoms with Gasteiger partial charge in [-0.3, -0.25) is 14.2 Å². The van der Waals surface area contributed by atoms with Crippen molar-refractivity contribution in [1.29, 1.82) is 0 Å². The van der Waals surface area contributed by atoms with Gasteiger partial charge in [0.2, 0.25) is 5.91 Å². The summed E-state index contributed by atoms with van der Waals surface area (Å²) in [6.45, 7) is 1.73. The maximum atomic E-state index is 13.4. The average molecular weight is 386 g/mol. The number of rotatable bonds is 4. The van der Waals surface area contributed by atoms with Crippen molar-refractivity contribution in [3.8, 4) is 5.69 Å². The minimum Gasteiger partial charge on any atom is -0.369 e. The third kappa shape index (κ3) is 2.95. The van der Waals surface area contributed by atoms with Crippen LogP contribution in [0.25, 0.3) is 15.9 Å². The summed E-state index contributed by atoms with van der Waals surface area (Å²) < 4.78 is 1.62. The number of fused-ring (bicyclic) bond motifs is 3. The van der Waals surface area contributed by atoms with Crippen molar-refractivity contribution in [2.45, 2.75) is 43.0 Å². The minimum atomic E-state index is -0.469. The number of benzene rings is 1. The zero-order chi connectivity index (χ0) is 18.3. The molecule has 5 nitrogen and oxygen atoms in total. The number of nitrogens with zero attached hydrogens (tertiary/aromatic N) is 2. The lowest BCUT2D eigenvalue weighted by Gasteiger charge is -2.15. The Morgan fingerprint density at radius 2 is 2.00 bits per heavy atom. The van der Waals surface area contributed by atoms with Crippen LogP contribution in [-0.2, 0) is 17.6 Å². The molecule has 2 heterocycles. The molecule has 1 aliphatic carbocycles. The summed E-state index contributed by atoms with van der Waals surface area (Å²) in [5, 5.41) is 0.784. The predicted molar refractivity (Wildman–Crippen MR) is 106 cm³/mol. The summed E-state index contributed by atoms with van der Waals surface area (Å²) in [7, 11) is 0. The second-order valence-electron chi connectivity index (χ2n) is 6.42. The Labute approximate surface area is 159 Å². The van der Waals surface area contributed by atoms with Crippen molar-refractivity contribution in [3.05, 3.63) is 51.1 Å². The summed E-state index contributed by atoms with van der Waals surface area (Å²) in [5.41, 5.74) is 7.29. The van der Waals surface area contributed by atoms with E-state index in [0.29, 0.717) is 5.16 Å². The molecule has 0 bridgehead atoms. The van der Waals surface area contributed by atoms with Crippen molar-refractivity contribution in [1.82, 2.24) is 9.55 Å². The fourth-order valence-electron chi connectivity index (χ4n) is 3.29. The highest BCUT2D eigenvalue weighted by Crippen LogP contribution is 2.35. The monoisotopic (exact) mass is 385 g/mol. The van der Waals surface area contributed by atoms with Crippen LogP contribution in [-0.4, -0.2) is 20.7 Å². The van der Waals surface area contributed by atoms with Crippen molar-refractivity contribution < 1.29 is 4.79 Å². The summed E-state index contributed by atoms with van der Waals surface area (Å²) >= 11 is 2.85. The SMILES string of the molecule is CC(Sc1nc2sc3c(c2c(=O)n1-c1ccccc1)CCCC3)C(N)=O. The van der Waals surface area contributed by atoms with Crippen LogP contribution in [0.4, 0.5) is 0 Å². The second kappa shape index (κ2) is 6.89. The molecule has 3 aromatic rings. The lowest BCUT2D eigenvalue weighted by Crippen LogP contribution is -2.26. The molecular formula is C19H19N3O2S2. The Hall–Kier alpha value is -2.12. The molecule has 1 atom stereocenters. The zero-order valence-corrected chi connectivity index (χ0v) is 16.0. The Balaban J connectivity index is 1.99. The Morgan fingerprint density at radius 3 is 2.73 bits per heavy atom. The molecule has 0 spiro atoms. The minimum absolute atomic E-state index is 0.0558. The maximum Gasteiger partial charge on any atom is 0.267 e. The number of hydrogen-bond donors (Lipinski definition) is 1. The molecule has 26 heavy (non-hydrogen) atoms. The van der Waals surface area contributed by atoms with Crippen LogP contribution in [0, 0.1) is 0 Å². The fraction of sp³-hybridized carbons (Fsp3) is 0.316. The number of carbonyl (C=O) groups excluding carboxylic acids is 1. The third-order valence-electron chi connectivity index (χ3n) is 4.66. The van der Waals surface area contributed by atoms with E-state index in [1.807, 2.05) is 30.3 Å². The van der Waals surface area contributed by atoms with E-state index in [4.69, 9.17) is 10.7 Å². The van der Waals surface area contributed by atoms with Gasteiger partial charge in [0.25, 0.3) is 5.56 Å². The van der Waals surface area contributed by atoms with E-state index in [2.05, 4.69) is 0 Å². The van der Waals surface area contributed by atoms with E-state index in [1.165, 1.54) is 16.6 Å². The molecule has 2 N–H and O–H groups in total. The molecule has 4 rings (SSSR count). The second-order valence-corrected chi connectivity index (χ2v) is 8.82. The molecule has 1 amide bonds. The van der Waals surface area contributed by atoms with Crippen molar-refractivity contribution >= 4 is 39.2 Å². The Morgan fingerprint density at radius 1 is 1.27 bits per heavy atom. The largest absolute Gasteiger partial charge is 0.369 e. The van der Waals surface area contributed by atoms with Gasteiger partial charge in [-0.1, -0.05) is 30.0 Å². The maximum absolute atomic E-state index is 13.4. The van der Waals surface area contributed by atoms with Crippen LogP contribution in [0.5, 0.6) is 0 Å². The molecule has 1 unspecified atom stereocenters. The van der Waals surface area contributed by atoms with Gasteiger partial charge in [0.05, 0.1) is 16.3 Å². The number of primary amides is 1. The number of thiophene rings is 1. The normalized spacial score (nSPS) is 15.0. The van der Waals surface area contributed by atoms with Gasteiger partial charge < -0.3 is 5.73 Å². The van der Waals surface area contributed by atoms with Gasteiger partial charge >= 0.3 is 0 Å². The fourth-order valence-corrected chi connectivity index (χ4v) is 5.47. The van der Waals surface area contributed by atoms with Crippen LogP contribution in [0.3, 0.4) is 0 Å². The number of thioether (sulfide) groups is 1. The average Bonchev–Trinajstić information content (AvgIpc) is 3.01. The summed E-state index contributed by atoms with van der Waals surface area (Å²) in [4.78, 5) is 31.8. The van der Waals surface area contributed by atoms with E-state index in [0.717, 1.165) is 47.2 Å². The number of para-hydroxylation sites is 1. The van der Waals surface area contributed by atoms with Crippen molar-refractivity contribution in [3.63, 3.8) is 0 Å². The van der Waals surface area contributed by atoms with E-state index in [9.17, 15) is 9.59 Å². The first-order valence-corrected chi connectivity index (χ1v) is 10.3. The molecule has 7 heteroatoms. The molecule has 134 valence electrons. The van der Waals surface area contributed by atoms with E-state index >= 15 is 0 Å². The first kappa shape index (κ1) is 17.3. The number of amides is 1. The zero-order valence-electron chi connectivity index (χ0n) is 14.4. The van der Waals surface area contributed by atoms with Gasteiger partial charge in [-0.2, -0.15) is 0 Å². The first-order chi connectivity index (χ1) is 12.6. The molecular weight excluding hydrogens is 366 g/mol. The molecule has 0 aliphatic heterocycles. The number of hydrogen-bond acceptors (Lipinski definition) is 5. The smallest absolute Gasteiger partial charge is 0.267 e. The molecule has 2 aromatic heterocycles. The Bertz CT molecular complexity index is 1040. The molecule has 0 fully saturated rings. The number of carbonyl (C=O) groups is 1. The van der Waals surface area contributed by atoms with Gasteiger partial charge in [-0.05, 0) is 50.3 Å². The van der Waals surface area contributed by atoms with Crippen LogP contribution in [0.2, 0.25) is 0 Å². The number of aryl methyl sites for hydroxylation is 2. The topological polar surface area (TPSA) is 78.0 Å². The first-order valence-electron chi connectivity index (χ1n) is 8.65. The quantitative estimate of drug-likeness (QED) is 0.552. The van der Waals surface area contributed by atoms with Gasteiger partial charge in [-0.25, -0.2) is 4.98 Å². The van der Waals surface area contributed by atoms with Gasteiger partial charge in [-0.15, -0.1) is 11.3 Å². The molecule has 1 aliphatic rings. The van der Waals surface area contributed by atoms with Crippen molar-refractivity contribution in [2.75, 3.05) is 0 Å². The molecule has 0 radical (unpaired) electrons. The van der Waals surface area contributed by atoms with E-state index in [1.54, 1.807) is 22.8 Å². The number of nitrogens with two attached hydrogens (primary N) is 1. The van der Waals surface area contributed by atoms with Gasteiger partial charge in [0, 0.05) is 4.88 Å². The lowest BCUT2D eigenvalue weighted by molar-refractivity contribution is -0.117. The van der Waals surface area contributed by atoms with Crippen LogP contribution in [0.1, 0.15) is 30.2 Å². The van der Waals surface area contributed by atoms with E-state index < -0.39 is 11.2 Å². The van der Waals surface area contributed by atoms with Crippen LogP contribution >= 0.6 is 23.1 Å². The van der Waals surface area contributed by atoms with Crippen LogP contribution in [0.15, 0.2) is 40.3 Å². The summed E-state index contributed by atoms with van der Waals surface area (Å²) in [5.74, 6) is -0.422. The van der Waals surface area contributed by atoms with Gasteiger partial charge in [0.15, 0.2) is 5.16 Å². The molecule has 0 saturated carbocycles. The molecule has 1 aromatic carbocycles. The Kier molecular flexibility index (Phi) is 4.58. The van der Waals surface area contributed by atoms with Crippen molar-refractivity contribution in [2.24, 2.45) is 5.73 Å². The highest BCUT2D eigenvalue weighted by molar-refractivity contribution is 8.00. The predicted octanol–water partition coefficient (Wildman–Crippen LogP) is 3.29. The third-order valence-corrected chi connectivity index (χ3v) is 6.91. The highest BCUT2D eigenvalue weighted by Gasteiger charge is 2.24. The lowest BCUT2D eigenvalue weighted by atomic mass is 9.97. The standard InChI is InChI=1S/C19H19N3O2S2/c1-11(16(20)23)25-19-21-17-15(13-9-5-6-10-14(13)26-17)18(24)22(19)12-7-3-2-4-8-12/h2-4,7-8,11H,5-6,9-10H2,1H3,(H2,20,23). The van der Waals surface area contributed by atoms with E-state index in [-0.39, 0.29) is 5.56 Å². The molecule has 0 saturated heterocycles. The summed E-state index contributed by atoms with van der Waals surface area (Å²) in [6.07, 6.45) is 4.22.